The Balaban J connectivity index is 1.62. The Hall–Kier alpha value is -2.41. The van der Waals surface area contributed by atoms with E-state index in [9.17, 15) is 4.79 Å². The lowest BCUT2D eigenvalue weighted by atomic mass is 10.0. The van der Waals surface area contributed by atoms with Gasteiger partial charge in [-0.15, -0.1) is 11.3 Å². The molecule has 0 spiro atoms. The van der Waals surface area contributed by atoms with Crippen LogP contribution in [0.3, 0.4) is 0 Å². The molecule has 1 amide bonds. The number of carbonyl (C=O) groups excluding carboxylic acids is 1. The van der Waals surface area contributed by atoms with E-state index in [0.29, 0.717) is 18.0 Å². The molecule has 3 aromatic rings. The molecule has 1 atom stereocenters. The van der Waals surface area contributed by atoms with Crippen LogP contribution in [0.1, 0.15) is 53.3 Å². The number of rotatable bonds is 4. The Bertz CT molecular complexity index is 881. The normalized spacial score (nSPS) is 17.4. The Morgan fingerprint density at radius 1 is 1.40 bits per heavy atom. The molecular formula is C18H19N3O3S. The summed E-state index contributed by atoms with van der Waals surface area (Å²) in [6.45, 7) is 4.68. The third-order valence-electron chi connectivity index (χ3n) is 4.64. The molecule has 4 heterocycles. The first-order valence-electron chi connectivity index (χ1n) is 8.45. The van der Waals surface area contributed by atoms with Crippen LogP contribution < -0.4 is 0 Å². The summed E-state index contributed by atoms with van der Waals surface area (Å²) in [6.07, 6.45) is 2.64. The van der Waals surface area contributed by atoms with Crippen molar-refractivity contribution < 1.29 is 13.8 Å². The van der Waals surface area contributed by atoms with Gasteiger partial charge in [-0.2, -0.15) is 0 Å². The molecule has 7 heteroatoms. The molecule has 0 N–H and O–H groups in total. The lowest BCUT2D eigenvalue weighted by Gasteiger charge is -2.24. The van der Waals surface area contributed by atoms with Gasteiger partial charge in [-0.05, 0) is 31.2 Å². The number of aromatic nitrogens is 2. The summed E-state index contributed by atoms with van der Waals surface area (Å²) in [6, 6.07) is 5.62. The van der Waals surface area contributed by atoms with Crippen LogP contribution in [0.4, 0.5) is 0 Å². The molecule has 0 saturated carbocycles. The average Bonchev–Trinajstić information content (AvgIpc) is 3.38. The largest absolute Gasteiger partial charge is 0.361 e. The summed E-state index contributed by atoms with van der Waals surface area (Å²) >= 11 is 1.56. The van der Waals surface area contributed by atoms with E-state index in [1.165, 1.54) is 0 Å². The quantitative estimate of drug-likeness (QED) is 0.698. The highest BCUT2D eigenvalue weighted by atomic mass is 32.1. The van der Waals surface area contributed by atoms with Crippen LogP contribution in [-0.4, -0.2) is 27.7 Å². The van der Waals surface area contributed by atoms with E-state index in [-0.39, 0.29) is 11.9 Å². The second kappa shape index (κ2) is 6.48. The standard InChI is InChI=1S/C18H19N3O3S/c1-3-14-17(11(2)19-23-14)13-6-4-8-21(13)18(22)12-10-15(24-20-12)16-7-5-9-25-16/h5,7,9-10,13H,3-4,6,8H2,1-2H3/t13-/m0/s1. The van der Waals surface area contributed by atoms with Gasteiger partial charge in [0.05, 0.1) is 16.6 Å². The fourth-order valence-electron chi connectivity index (χ4n) is 3.47. The molecule has 0 aliphatic carbocycles. The van der Waals surface area contributed by atoms with Gasteiger partial charge in [0, 0.05) is 24.6 Å². The number of likely N-dealkylation sites (tertiary alicyclic amines) is 1. The molecule has 4 rings (SSSR count). The average molecular weight is 357 g/mol. The second-order valence-corrected chi connectivity index (χ2v) is 7.12. The first-order valence-corrected chi connectivity index (χ1v) is 9.33. The summed E-state index contributed by atoms with van der Waals surface area (Å²) in [5.41, 5.74) is 2.26. The maximum absolute atomic E-state index is 13.0. The van der Waals surface area contributed by atoms with Crippen molar-refractivity contribution in [2.75, 3.05) is 6.54 Å². The smallest absolute Gasteiger partial charge is 0.276 e. The summed E-state index contributed by atoms with van der Waals surface area (Å²) in [5, 5.41) is 10.1. The third kappa shape index (κ3) is 2.78. The first-order chi connectivity index (χ1) is 12.2. The van der Waals surface area contributed by atoms with Crippen molar-refractivity contribution in [2.45, 2.75) is 39.2 Å². The minimum absolute atomic E-state index is 0.00409. The first kappa shape index (κ1) is 16.1. The van der Waals surface area contributed by atoms with Gasteiger partial charge in [-0.25, -0.2) is 0 Å². The maximum atomic E-state index is 13.0. The predicted molar refractivity (Wildman–Crippen MR) is 93.4 cm³/mol. The van der Waals surface area contributed by atoms with Crippen molar-refractivity contribution in [3.8, 4) is 10.6 Å². The summed E-state index contributed by atoms with van der Waals surface area (Å²) in [4.78, 5) is 15.8. The minimum atomic E-state index is -0.100. The zero-order valence-corrected chi connectivity index (χ0v) is 15.0. The van der Waals surface area contributed by atoms with E-state index in [1.54, 1.807) is 17.4 Å². The predicted octanol–water partition coefficient (Wildman–Crippen LogP) is 4.24. The molecule has 0 bridgehead atoms. The summed E-state index contributed by atoms with van der Waals surface area (Å²) in [5.74, 6) is 1.39. The number of hydrogen-bond donors (Lipinski definition) is 0. The number of aryl methyl sites for hydroxylation is 2. The van der Waals surface area contributed by atoms with E-state index in [1.807, 2.05) is 36.3 Å². The third-order valence-corrected chi connectivity index (χ3v) is 5.53. The Labute approximate surface area is 149 Å². The summed E-state index contributed by atoms with van der Waals surface area (Å²) in [7, 11) is 0. The highest BCUT2D eigenvalue weighted by molar-refractivity contribution is 7.13. The van der Waals surface area contributed by atoms with Crippen LogP contribution in [0.2, 0.25) is 0 Å². The zero-order valence-electron chi connectivity index (χ0n) is 14.2. The van der Waals surface area contributed by atoms with E-state index in [0.717, 1.165) is 41.2 Å². The summed E-state index contributed by atoms with van der Waals surface area (Å²) < 4.78 is 10.8. The van der Waals surface area contributed by atoms with Gasteiger partial charge < -0.3 is 13.9 Å². The van der Waals surface area contributed by atoms with Gasteiger partial charge in [0.25, 0.3) is 5.91 Å². The van der Waals surface area contributed by atoms with Gasteiger partial charge in [-0.1, -0.05) is 23.3 Å². The number of thiophene rings is 1. The van der Waals surface area contributed by atoms with Crippen LogP contribution in [-0.2, 0) is 6.42 Å². The lowest BCUT2D eigenvalue weighted by molar-refractivity contribution is 0.0724. The molecule has 0 radical (unpaired) electrons. The fourth-order valence-corrected chi connectivity index (χ4v) is 4.15. The minimum Gasteiger partial charge on any atom is -0.361 e. The number of hydrogen-bond acceptors (Lipinski definition) is 6. The van der Waals surface area contributed by atoms with Crippen molar-refractivity contribution in [3.05, 3.63) is 46.3 Å². The zero-order chi connectivity index (χ0) is 17.4. The Morgan fingerprint density at radius 3 is 3.04 bits per heavy atom. The molecule has 1 saturated heterocycles. The van der Waals surface area contributed by atoms with Crippen molar-refractivity contribution in [1.29, 1.82) is 0 Å². The molecule has 6 nitrogen and oxygen atoms in total. The van der Waals surface area contributed by atoms with Crippen LogP contribution in [0.25, 0.3) is 10.6 Å². The van der Waals surface area contributed by atoms with E-state index < -0.39 is 0 Å². The van der Waals surface area contributed by atoms with E-state index in [4.69, 9.17) is 9.05 Å². The molecule has 3 aromatic heterocycles. The molecule has 1 aliphatic rings. The highest BCUT2D eigenvalue weighted by Gasteiger charge is 2.35. The fraction of sp³-hybridized carbons (Fsp3) is 0.389. The molecule has 0 aromatic carbocycles. The monoisotopic (exact) mass is 357 g/mol. The second-order valence-electron chi connectivity index (χ2n) is 6.17. The van der Waals surface area contributed by atoms with Gasteiger partial charge in [0.1, 0.15) is 5.76 Å². The van der Waals surface area contributed by atoms with Crippen LogP contribution in [0.5, 0.6) is 0 Å². The van der Waals surface area contributed by atoms with E-state index >= 15 is 0 Å². The number of nitrogens with zero attached hydrogens (tertiary/aromatic N) is 3. The molecule has 0 unspecified atom stereocenters. The van der Waals surface area contributed by atoms with E-state index in [2.05, 4.69) is 10.3 Å². The van der Waals surface area contributed by atoms with Crippen LogP contribution in [0.15, 0.2) is 32.6 Å². The van der Waals surface area contributed by atoms with Gasteiger partial charge in [-0.3, -0.25) is 4.79 Å². The van der Waals surface area contributed by atoms with Crippen LogP contribution in [0, 0.1) is 6.92 Å². The Kier molecular flexibility index (Phi) is 4.17. The topological polar surface area (TPSA) is 72.4 Å². The van der Waals surface area contributed by atoms with Crippen LogP contribution >= 0.6 is 11.3 Å². The molecule has 25 heavy (non-hydrogen) atoms. The number of carbonyl (C=O) groups is 1. The highest BCUT2D eigenvalue weighted by Crippen LogP contribution is 2.37. The molecule has 1 aliphatic heterocycles. The van der Waals surface area contributed by atoms with Crippen molar-refractivity contribution in [3.63, 3.8) is 0 Å². The molecule has 1 fully saturated rings. The van der Waals surface area contributed by atoms with Crippen molar-refractivity contribution >= 4 is 17.2 Å². The SMILES string of the molecule is CCc1onc(C)c1[C@@H]1CCCN1C(=O)c1cc(-c2cccs2)on1. The van der Waals surface area contributed by atoms with Gasteiger partial charge in [0.2, 0.25) is 0 Å². The lowest BCUT2D eigenvalue weighted by Crippen LogP contribution is -2.31. The maximum Gasteiger partial charge on any atom is 0.276 e. The van der Waals surface area contributed by atoms with Crippen molar-refractivity contribution in [1.82, 2.24) is 15.2 Å². The van der Waals surface area contributed by atoms with Crippen molar-refractivity contribution in [2.24, 2.45) is 0 Å². The molecular weight excluding hydrogens is 338 g/mol. The molecule has 130 valence electrons. The Morgan fingerprint density at radius 2 is 2.28 bits per heavy atom. The number of amides is 1. The van der Waals surface area contributed by atoms with Gasteiger partial charge in [0.15, 0.2) is 11.5 Å². The van der Waals surface area contributed by atoms with Gasteiger partial charge >= 0.3 is 0 Å².